The monoisotopic (exact) mass is 706 g/mol. The van der Waals surface area contributed by atoms with Gasteiger partial charge in [0, 0.05) is 44.0 Å². The number of piperidine rings is 1. The van der Waals surface area contributed by atoms with Crippen LogP contribution in [0.15, 0.2) is 72.9 Å². The maximum Gasteiger partial charge on any atom is 0.243 e. The minimum absolute atomic E-state index is 0.154. The average molecular weight is 707 g/mol. The van der Waals surface area contributed by atoms with Crippen LogP contribution >= 0.6 is 0 Å². The second-order valence-electron chi connectivity index (χ2n) is 14.2. The standard InChI is InChI=1S/C41H54N8O3/c1-8-9-29(3)43-41-44-40(48(26-30-10-15-34(51-6)16-11-30)27-31-12-17-35(52-7)18-13-31)39-42-25-37(49(39)45-41)38(50)32-14-19-36(28(2)24-32)47-22-20-33(21-23-47)46(4)5/h10-19,24-25,29,33,38,50H,8-9,20-23,26-27H2,1-7H3,(H,43,45). The van der Waals surface area contributed by atoms with Gasteiger partial charge in [-0.05, 0) is 99.8 Å². The minimum Gasteiger partial charge on any atom is -0.497 e. The summed E-state index contributed by atoms with van der Waals surface area (Å²) in [6, 6.07) is 23.2. The Morgan fingerprint density at radius 1 is 0.923 bits per heavy atom. The van der Waals surface area contributed by atoms with Crippen molar-refractivity contribution in [2.24, 2.45) is 0 Å². The molecule has 2 atom stereocenters. The molecule has 1 aliphatic heterocycles. The third kappa shape index (κ3) is 8.43. The van der Waals surface area contributed by atoms with Crippen LogP contribution in [0, 0.1) is 6.92 Å². The van der Waals surface area contributed by atoms with Crippen LogP contribution in [0.2, 0.25) is 0 Å². The molecule has 276 valence electrons. The molecule has 3 aromatic carbocycles. The van der Waals surface area contributed by atoms with Gasteiger partial charge in [0.05, 0.1) is 26.1 Å². The Labute approximate surface area is 308 Å². The van der Waals surface area contributed by atoms with Gasteiger partial charge in [0.1, 0.15) is 17.6 Å². The third-order valence-electron chi connectivity index (χ3n) is 10.2. The highest BCUT2D eigenvalue weighted by atomic mass is 16.5. The van der Waals surface area contributed by atoms with Crippen molar-refractivity contribution in [3.8, 4) is 11.5 Å². The van der Waals surface area contributed by atoms with E-state index in [0.717, 1.165) is 72.5 Å². The van der Waals surface area contributed by atoms with Gasteiger partial charge in [0.2, 0.25) is 5.95 Å². The number of imidazole rings is 1. The lowest BCUT2D eigenvalue weighted by molar-refractivity contribution is 0.212. The van der Waals surface area contributed by atoms with E-state index in [2.05, 4.69) is 91.3 Å². The van der Waals surface area contributed by atoms with Crippen molar-refractivity contribution < 1.29 is 14.6 Å². The molecule has 0 saturated carbocycles. The summed E-state index contributed by atoms with van der Waals surface area (Å²) in [7, 11) is 7.68. The highest BCUT2D eigenvalue weighted by Crippen LogP contribution is 2.32. The number of benzene rings is 3. The van der Waals surface area contributed by atoms with Gasteiger partial charge in [-0.15, -0.1) is 5.10 Å². The lowest BCUT2D eigenvalue weighted by Crippen LogP contribution is -2.42. The summed E-state index contributed by atoms with van der Waals surface area (Å²) in [5.41, 5.74) is 6.50. The molecule has 1 aliphatic rings. The van der Waals surface area contributed by atoms with E-state index in [0.29, 0.717) is 42.2 Å². The number of aliphatic hydroxyl groups is 1. The quantitative estimate of drug-likeness (QED) is 0.120. The number of nitrogens with zero attached hydrogens (tertiary/aromatic N) is 7. The van der Waals surface area contributed by atoms with Gasteiger partial charge in [0.25, 0.3) is 0 Å². The van der Waals surface area contributed by atoms with Crippen molar-refractivity contribution >= 4 is 23.1 Å². The van der Waals surface area contributed by atoms with Crippen molar-refractivity contribution in [1.29, 1.82) is 0 Å². The van der Waals surface area contributed by atoms with Gasteiger partial charge in [-0.1, -0.05) is 49.7 Å². The van der Waals surface area contributed by atoms with E-state index in [1.807, 2.05) is 30.3 Å². The fourth-order valence-corrected chi connectivity index (χ4v) is 7.17. The molecule has 0 bridgehead atoms. The molecule has 3 heterocycles. The van der Waals surface area contributed by atoms with Gasteiger partial charge in [-0.3, -0.25) is 0 Å². The highest BCUT2D eigenvalue weighted by molar-refractivity contribution is 5.67. The Hall–Kier alpha value is -4.87. The Bertz CT molecular complexity index is 1850. The van der Waals surface area contributed by atoms with Gasteiger partial charge >= 0.3 is 0 Å². The first-order valence-corrected chi connectivity index (χ1v) is 18.4. The van der Waals surface area contributed by atoms with Gasteiger partial charge < -0.3 is 34.6 Å². The molecule has 1 fully saturated rings. The first-order chi connectivity index (χ1) is 25.2. The van der Waals surface area contributed by atoms with Gasteiger partial charge in [0.15, 0.2) is 11.5 Å². The number of rotatable bonds is 15. The SMILES string of the molecule is CCCC(C)Nc1nc(N(Cc2ccc(OC)cc2)Cc2ccc(OC)cc2)c2ncc(C(O)c3ccc(N4CCC(N(C)C)CC4)c(C)c3)n2n1. The van der Waals surface area contributed by atoms with E-state index in [4.69, 9.17) is 24.5 Å². The number of hydrogen-bond donors (Lipinski definition) is 2. The number of hydrogen-bond acceptors (Lipinski definition) is 10. The Kier molecular flexibility index (Phi) is 11.8. The van der Waals surface area contributed by atoms with Crippen LogP contribution in [-0.4, -0.2) is 83.1 Å². The van der Waals surface area contributed by atoms with E-state index in [1.54, 1.807) is 24.9 Å². The zero-order chi connectivity index (χ0) is 36.8. The van der Waals surface area contributed by atoms with Crippen LogP contribution in [0.4, 0.5) is 17.5 Å². The molecule has 2 aromatic heterocycles. The lowest BCUT2D eigenvalue weighted by Gasteiger charge is -2.37. The Morgan fingerprint density at radius 3 is 2.08 bits per heavy atom. The highest BCUT2D eigenvalue weighted by Gasteiger charge is 2.26. The largest absolute Gasteiger partial charge is 0.497 e. The van der Waals surface area contributed by atoms with Crippen molar-refractivity contribution in [2.45, 2.75) is 77.7 Å². The molecule has 52 heavy (non-hydrogen) atoms. The van der Waals surface area contributed by atoms with Crippen LogP contribution < -0.4 is 24.6 Å². The first-order valence-electron chi connectivity index (χ1n) is 18.4. The molecular formula is C41H54N8O3. The van der Waals surface area contributed by atoms with E-state index in [-0.39, 0.29) is 6.04 Å². The lowest BCUT2D eigenvalue weighted by atomic mass is 9.99. The molecule has 0 spiro atoms. The van der Waals surface area contributed by atoms with Crippen molar-refractivity contribution in [2.75, 3.05) is 56.5 Å². The summed E-state index contributed by atoms with van der Waals surface area (Å²) in [4.78, 5) is 17.0. The predicted octanol–water partition coefficient (Wildman–Crippen LogP) is 6.87. The molecule has 2 N–H and O–H groups in total. The summed E-state index contributed by atoms with van der Waals surface area (Å²) in [5, 5.41) is 20.4. The van der Waals surface area contributed by atoms with Crippen LogP contribution in [0.3, 0.4) is 0 Å². The number of methoxy groups -OCH3 is 2. The van der Waals surface area contributed by atoms with E-state index in [1.165, 1.54) is 5.69 Å². The minimum atomic E-state index is -0.942. The molecule has 11 heteroatoms. The van der Waals surface area contributed by atoms with Gasteiger partial charge in [-0.2, -0.15) is 4.98 Å². The van der Waals surface area contributed by atoms with E-state index in [9.17, 15) is 5.11 Å². The summed E-state index contributed by atoms with van der Waals surface area (Å²) < 4.78 is 12.6. The molecule has 0 radical (unpaired) electrons. The summed E-state index contributed by atoms with van der Waals surface area (Å²) in [6.45, 7) is 9.60. The van der Waals surface area contributed by atoms with Crippen LogP contribution in [0.5, 0.6) is 11.5 Å². The van der Waals surface area contributed by atoms with Gasteiger partial charge in [-0.25, -0.2) is 9.50 Å². The molecule has 0 amide bonds. The Morgan fingerprint density at radius 2 is 1.54 bits per heavy atom. The maximum atomic E-state index is 12.0. The average Bonchev–Trinajstić information content (AvgIpc) is 3.58. The fraction of sp³-hybridized carbons (Fsp3) is 0.439. The van der Waals surface area contributed by atoms with Crippen molar-refractivity contribution in [1.82, 2.24) is 24.5 Å². The van der Waals surface area contributed by atoms with Crippen LogP contribution in [-0.2, 0) is 13.1 Å². The molecule has 11 nitrogen and oxygen atoms in total. The summed E-state index contributed by atoms with van der Waals surface area (Å²) >= 11 is 0. The number of aryl methyl sites for hydroxylation is 1. The topological polar surface area (TPSA) is 104 Å². The number of fused-ring (bicyclic) bond motifs is 1. The van der Waals surface area contributed by atoms with Crippen LogP contribution in [0.25, 0.3) is 5.65 Å². The first kappa shape index (κ1) is 36.9. The predicted molar refractivity (Wildman–Crippen MR) is 209 cm³/mol. The number of ether oxygens (including phenoxy) is 2. The maximum absolute atomic E-state index is 12.0. The fourth-order valence-electron chi connectivity index (χ4n) is 7.17. The molecule has 1 saturated heterocycles. The molecular weight excluding hydrogens is 653 g/mol. The molecule has 2 unspecified atom stereocenters. The second kappa shape index (κ2) is 16.6. The van der Waals surface area contributed by atoms with Crippen molar-refractivity contribution in [3.05, 3.63) is 101 Å². The summed E-state index contributed by atoms with van der Waals surface area (Å²) in [5.74, 6) is 2.75. The zero-order valence-corrected chi connectivity index (χ0v) is 31.7. The normalized spacial score (nSPS) is 14.8. The van der Waals surface area contributed by atoms with E-state index >= 15 is 0 Å². The third-order valence-corrected chi connectivity index (χ3v) is 10.2. The number of anilines is 3. The molecule has 0 aliphatic carbocycles. The summed E-state index contributed by atoms with van der Waals surface area (Å²) in [6.07, 6.45) is 5.07. The number of nitrogens with one attached hydrogen (secondary N) is 1. The number of aliphatic hydroxyl groups excluding tert-OH is 1. The molecule has 5 aromatic rings. The second-order valence-corrected chi connectivity index (χ2v) is 14.2. The van der Waals surface area contributed by atoms with Crippen LogP contribution in [0.1, 0.15) is 73.6 Å². The van der Waals surface area contributed by atoms with Crippen molar-refractivity contribution in [3.63, 3.8) is 0 Å². The van der Waals surface area contributed by atoms with E-state index < -0.39 is 6.10 Å². The smallest absolute Gasteiger partial charge is 0.243 e. The Balaban J connectivity index is 1.38. The number of aromatic nitrogens is 4. The zero-order valence-electron chi connectivity index (χ0n) is 31.7. The molecule has 6 rings (SSSR count).